The summed E-state index contributed by atoms with van der Waals surface area (Å²) in [6, 6.07) is 2.26. The molecule has 108 valence electrons. The molecule has 2 N–H and O–H groups in total. The van der Waals surface area contributed by atoms with E-state index in [0.29, 0.717) is 13.0 Å². The maximum absolute atomic E-state index is 12.0. The number of piperidine rings is 1. The summed E-state index contributed by atoms with van der Waals surface area (Å²) in [4.78, 5) is 36.0. The lowest BCUT2D eigenvalue weighted by Gasteiger charge is -2.32. The third-order valence-corrected chi connectivity index (χ3v) is 3.25. The molecule has 1 saturated heterocycles. The number of carbonyl (C=O) groups excluding carboxylic acids is 2. The second kappa shape index (κ2) is 6.23. The van der Waals surface area contributed by atoms with E-state index in [0.717, 1.165) is 12.8 Å². The summed E-state index contributed by atoms with van der Waals surface area (Å²) < 4.78 is 4.90. The van der Waals surface area contributed by atoms with Gasteiger partial charge in [-0.05, 0) is 31.4 Å². The minimum atomic E-state index is -1.00. The van der Waals surface area contributed by atoms with E-state index in [9.17, 15) is 14.4 Å². The fraction of sp³-hybridized carbons (Fsp3) is 0.462. The lowest BCUT2D eigenvalue weighted by Crippen LogP contribution is -2.51. The van der Waals surface area contributed by atoms with E-state index in [2.05, 4.69) is 5.32 Å². The molecule has 0 unspecified atom stereocenters. The van der Waals surface area contributed by atoms with Gasteiger partial charge >= 0.3 is 5.97 Å². The quantitative estimate of drug-likeness (QED) is 0.835. The van der Waals surface area contributed by atoms with Crippen molar-refractivity contribution < 1.29 is 23.9 Å². The summed E-state index contributed by atoms with van der Waals surface area (Å²) in [5, 5.41) is 11.5. The predicted octanol–water partition coefficient (Wildman–Crippen LogP) is 0.475. The second-order valence-electron chi connectivity index (χ2n) is 4.60. The molecule has 1 aliphatic heterocycles. The maximum atomic E-state index is 12.0. The van der Waals surface area contributed by atoms with Crippen LogP contribution in [0.3, 0.4) is 0 Å². The van der Waals surface area contributed by atoms with Crippen LogP contribution in [0.25, 0.3) is 0 Å². The average Bonchev–Trinajstić information content (AvgIpc) is 2.98. The van der Waals surface area contributed by atoms with Crippen molar-refractivity contribution in [1.29, 1.82) is 0 Å². The van der Waals surface area contributed by atoms with Gasteiger partial charge in [-0.25, -0.2) is 4.79 Å². The number of rotatable bonds is 4. The molecule has 7 nitrogen and oxygen atoms in total. The number of aliphatic carboxylic acids is 1. The Balaban J connectivity index is 1.90. The van der Waals surface area contributed by atoms with Crippen LogP contribution in [0.5, 0.6) is 0 Å². The van der Waals surface area contributed by atoms with Gasteiger partial charge in [0.1, 0.15) is 6.04 Å². The molecule has 1 aromatic rings. The van der Waals surface area contributed by atoms with Gasteiger partial charge in [-0.3, -0.25) is 9.59 Å². The zero-order valence-corrected chi connectivity index (χ0v) is 10.9. The lowest BCUT2D eigenvalue weighted by molar-refractivity contribution is -0.151. The minimum Gasteiger partial charge on any atom is -0.480 e. The Labute approximate surface area is 115 Å². The van der Waals surface area contributed by atoms with E-state index >= 15 is 0 Å². The number of carbonyl (C=O) groups is 3. The van der Waals surface area contributed by atoms with Crippen LogP contribution < -0.4 is 5.32 Å². The average molecular weight is 280 g/mol. The molecule has 1 aromatic heterocycles. The standard InChI is InChI=1S/C13H16N2O5/c16-11(8-14-12(17)10-5-3-7-20-10)15-6-2-1-4-9(15)13(18)19/h3,5,7,9H,1-2,4,6,8H2,(H,14,17)(H,18,19)/t9-/m1/s1. The summed E-state index contributed by atoms with van der Waals surface area (Å²) in [7, 11) is 0. The topological polar surface area (TPSA) is 99.9 Å². The van der Waals surface area contributed by atoms with Gasteiger partial charge in [-0.1, -0.05) is 0 Å². The van der Waals surface area contributed by atoms with Gasteiger partial charge < -0.3 is 19.7 Å². The largest absolute Gasteiger partial charge is 0.480 e. The molecule has 2 heterocycles. The molecule has 0 aromatic carbocycles. The Hall–Kier alpha value is -2.31. The zero-order valence-electron chi connectivity index (χ0n) is 10.9. The molecule has 0 radical (unpaired) electrons. The van der Waals surface area contributed by atoms with E-state index < -0.39 is 23.8 Å². The fourth-order valence-electron chi connectivity index (χ4n) is 2.24. The molecular weight excluding hydrogens is 264 g/mol. The second-order valence-corrected chi connectivity index (χ2v) is 4.60. The van der Waals surface area contributed by atoms with Crippen LogP contribution in [0.1, 0.15) is 29.8 Å². The SMILES string of the molecule is O=C(NCC(=O)N1CCCC[C@@H]1C(=O)O)c1ccco1. The van der Waals surface area contributed by atoms with Crippen molar-refractivity contribution >= 4 is 17.8 Å². The molecule has 0 aliphatic carbocycles. The number of nitrogens with zero attached hydrogens (tertiary/aromatic N) is 1. The number of carboxylic acids is 1. The number of amides is 2. The van der Waals surface area contributed by atoms with Crippen molar-refractivity contribution in [3.63, 3.8) is 0 Å². The third kappa shape index (κ3) is 3.17. The summed E-state index contributed by atoms with van der Waals surface area (Å²) in [6.45, 7) is 0.176. The maximum Gasteiger partial charge on any atom is 0.326 e. The van der Waals surface area contributed by atoms with Gasteiger partial charge in [-0.2, -0.15) is 0 Å². The van der Waals surface area contributed by atoms with Gasteiger partial charge in [0.2, 0.25) is 5.91 Å². The fourth-order valence-corrected chi connectivity index (χ4v) is 2.24. The molecule has 1 atom stereocenters. The monoisotopic (exact) mass is 280 g/mol. The van der Waals surface area contributed by atoms with Crippen LogP contribution in [0.2, 0.25) is 0 Å². The Morgan fingerprint density at radius 1 is 1.40 bits per heavy atom. The first-order chi connectivity index (χ1) is 9.59. The highest BCUT2D eigenvalue weighted by atomic mass is 16.4. The molecule has 1 aliphatic rings. The summed E-state index contributed by atoms with van der Waals surface area (Å²) >= 11 is 0. The molecule has 7 heteroatoms. The van der Waals surface area contributed by atoms with E-state index in [1.807, 2.05) is 0 Å². The highest BCUT2D eigenvalue weighted by molar-refractivity contribution is 5.94. The number of likely N-dealkylation sites (tertiary alicyclic amines) is 1. The van der Waals surface area contributed by atoms with Crippen LogP contribution in [0.4, 0.5) is 0 Å². The molecule has 0 saturated carbocycles. The molecular formula is C13H16N2O5. The molecule has 0 bridgehead atoms. The van der Waals surface area contributed by atoms with Crippen molar-refractivity contribution in [2.45, 2.75) is 25.3 Å². The van der Waals surface area contributed by atoms with Crippen molar-refractivity contribution in [2.75, 3.05) is 13.1 Å². The first-order valence-electron chi connectivity index (χ1n) is 6.43. The van der Waals surface area contributed by atoms with E-state index in [1.165, 1.54) is 17.2 Å². The van der Waals surface area contributed by atoms with Crippen molar-refractivity contribution in [3.05, 3.63) is 24.2 Å². The van der Waals surface area contributed by atoms with Crippen molar-refractivity contribution in [1.82, 2.24) is 10.2 Å². The number of hydrogen-bond acceptors (Lipinski definition) is 4. The van der Waals surface area contributed by atoms with Crippen LogP contribution in [0, 0.1) is 0 Å². The summed E-state index contributed by atoms with van der Waals surface area (Å²) in [6.07, 6.45) is 3.39. The summed E-state index contributed by atoms with van der Waals surface area (Å²) in [5.41, 5.74) is 0. The van der Waals surface area contributed by atoms with E-state index in [-0.39, 0.29) is 12.3 Å². The third-order valence-electron chi connectivity index (χ3n) is 3.25. The molecule has 0 spiro atoms. The highest BCUT2D eigenvalue weighted by Gasteiger charge is 2.31. The Kier molecular flexibility index (Phi) is 4.39. The molecule has 1 fully saturated rings. The Bertz CT molecular complexity index is 497. The predicted molar refractivity (Wildman–Crippen MR) is 68.0 cm³/mol. The smallest absolute Gasteiger partial charge is 0.326 e. The first-order valence-corrected chi connectivity index (χ1v) is 6.43. The van der Waals surface area contributed by atoms with Gasteiger partial charge in [0.05, 0.1) is 12.8 Å². The minimum absolute atomic E-state index is 0.117. The van der Waals surface area contributed by atoms with Gasteiger partial charge in [0.25, 0.3) is 5.91 Å². The molecule has 2 rings (SSSR count). The van der Waals surface area contributed by atoms with Gasteiger partial charge in [0.15, 0.2) is 5.76 Å². The number of furan rings is 1. The van der Waals surface area contributed by atoms with Crippen LogP contribution in [-0.4, -0.2) is 46.9 Å². The van der Waals surface area contributed by atoms with Gasteiger partial charge in [0, 0.05) is 6.54 Å². The number of hydrogen-bond donors (Lipinski definition) is 2. The first kappa shape index (κ1) is 14.1. The van der Waals surface area contributed by atoms with E-state index in [4.69, 9.17) is 9.52 Å². The summed E-state index contributed by atoms with van der Waals surface area (Å²) in [5.74, 6) is -1.77. The Morgan fingerprint density at radius 3 is 2.85 bits per heavy atom. The molecule has 2 amide bonds. The van der Waals surface area contributed by atoms with Crippen molar-refractivity contribution in [3.8, 4) is 0 Å². The lowest BCUT2D eigenvalue weighted by atomic mass is 10.0. The van der Waals surface area contributed by atoms with Crippen LogP contribution in [0.15, 0.2) is 22.8 Å². The van der Waals surface area contributed by atoms with Crippen LogP contribution >= 0.6 is 0 Å². The Morgan fingerprint density at radius 2 is 2.20 bits per heavy atom. The van der Waals surface area contributed by atoms with Gasteiger partial charge in [-0.15, -0.1) is 0 Å². The highest BCUT2D eigenvalue weighted by Crippen LogP contribution is 2.17. The van der Waals surface area contributed by atoms with E-state index in [1.54, 1.807) is 6.07 Å². The molecule has 20 heavy (non-hydrogen) atoms. The number of nitrogens with one attached hydrogen (secondary N) is 1. The van der Waals surface area contributed by atoms with Crippen LogP contribution in [-0.2, 0) is 9.59 Å². The van der Waals surface area contributed by atoms with Crippen molar-refractivity contribution in [2.24, 2.45) is 0 Å². The normalized spacial score (nSPS) is 18.6. The number of carboxylic acid groups (broad SMARTS) is 1. The zero-order chi connectivity index (χ0) is 14.5.